The van der Waals surface area contributed by atoms with Crippen LogP contribution in [0.5, 0.6) is 5.75 Å². The number of methoxy groups -OCH3 is 1. The standard InChI is InChI=1S/C16H22N2O3/c1-10(2)8-15(19)18-14-7-6-12(21-3)9-13(14)16(20)17-11-4-5-11/h6-7,9-11H,4-5,8H2,1-3H3,(H,17,20)(H,18,19). The minimum absolute atomic E-state index is 0.0874. The first-order valence-electron chi connectivity index (χ1n) is 7.28. The highest BCUT2D eigenvalue weighted by Gasteiger charge is 2.25. The summed E-state index contributed by atoms with van der Waals surface area (Å²) in [5.74, 6) is 0.608. The summed E-state index contributed by atoms with van der Waals surface area (Å²) in [5, 5.41) is 5.74. The second-order valence-electron chi connectivity index (χ2n) is 5.81. The number of anilines is 1. The van der Waals surface area contributed by atoms with E-state index in [1.165, 1.54) is 0 Å². The van der Waals surface area contributed by atoms with Gasteiger partial charge in [-0.15, -0.1) is 0 Å². The smallest absolute Gasteiger partial charge is 0.253 e. The lowest BCUT2D eigenvalue weighted by atomic mass is 10.1. The third-order valence-electron chi connectivity index (χ3n) is 3.25. The van der Waals surface area contributed by atoms with Crippen molar-refractivity contribution in [1.82, 2.24) is 5.32 Å². The minimum Gasteiger partial charge on any atom is -0.497 e. The van der Waals surface area contributed by atoms with Gasteiger partial charge >= 0.3 is 0 Å². The molecule has 0 radical (unpaired) electrons. The van der Waals surface area contributed by atoms with Crippen LogP contribution in [-0.2, 0) is 4.79 Å². The number of hydrogen-bond acceptors (Lipinski definition) is 3. The molecule has 0 aliphatic heterocycles. The van der Waals surface area contributed by atoms with Crippen LogP contribution in [0.3, 0.4) is 0 Å². The molecule has 0 spiro atoms. The first-order valence-corrected chi connectivity index (χ1v) is 7.28. The quantitative estimate of drug-likeness (QED) is 0.846. The molecular weight excluding hydrogens is 268 g/mol. The Morgan fingerprint density at radius 1 is 1.33 bits per heavy atom. The van der Waals surface area contributed by atoms with E-state index in [9.17, 15) is 9.59 Å². The molecule has 0 bridgehead atoms. The summed E-state index contributed by atoms with van der Waals surface area (Å²) in [6, 6.07) is 5.36. The van der Waals surface area contributed by atoms with Crippen molar-refractivity contribution in [2.75, 3.05) is 12.4 Å². The van der Waals surface area contributed by atoms with Crippen molar-refractivity contribution in [3.05, 3.63) is 23.8 Å². The minimum atomic E-state index is -0.170. The number of benzene rings is 1. The summed E-state index contributed by atoms with van der Waals surface area (Å²) in [6.07, 6.45) is 2.46. The second-order valence-corrected chi connectivity index (χ2v) is 5.81. The zero-order valence-corrected chi connectivity index (χ0v) is 12.7. The molecule has 0 atom stereocenters. The summed E-state index contributed by atoms with van der Waals surface area (Å²) in [4.78, 5) is 24.2. The number of carbonyl (C=O) groups is 2. The monoisotopic (exact) mass is 290 g/mol. The Hall–Kier alpha value is -2.04. The van der Waals surface area contributed by atoms with Crippen LogP contribution in [0.25, 0.3) is 0 Å². The van der Waals surface area contributed by atoms with E-state index in [4.69, 9.17) is 4.74 Å². The number of hydrogen-bond donors (Lipinski definition) is 2. The van der Waals surface area contributed by atoms with Gasteiger partial charge in [-0.3, -0.25) is 9.59 Å². The van der Waals surface area contributed by atoms with Gasteiger partial charge in [-0.1, -0.05) is 13.8 Å². The summed E-state index contributed by atoms with van der Waals surface area (Å²) in [6.45, 7) is 3.96. The van der Waals surface area contributed by atoms with Gasteiger partial charge in [0.15, 0.2) is 0 Å². The van der Waals surface area contributed by atoms with Crippen molar-refractivity contribution < 1.29 is 14.3 Å². The van der Waals surface area contributed by atoms with Crippen LogP contribution in [0.2, 0.25) is 0 Å². The summed E-state index contributed by atoms with van der Waals surface area (Å²) in [5.41, 5.74) is 0.970. The first-order chi connectivity index (χ1) is 9.99. The molecular formula is C16H22N2O3. The van der Waals surface area contributed by atoms with Crippen molar-refractivity contribution in [3.8, 4) is 5.75 Å². The van der Waals surface area contributed by atoms with Crippen molar-refractivity contribution in [3.63, 3.8) is 0 Å². The SMILES string of the molecule is COc1ccc(NC(=O)CC(C)C)c(C(=O)NC2CC2)c1. The molecule has 0 saturated heterocycles. The van der Waals surface area contributed by atoms with E-state index < -0.39 is 0 Å². The van der Waals surface area contributed by atoms with E-state index in [0.29, 0.717) is 23.4 Å². The van der Waals surface area contributed by atoms with Crippen LogP contribution < -0.4 is 15.4 Å². The number of carbonyl (C=O) groups excluding carboxylic acids is 2. The molecule has 1 aliphatic rings. The van der Waals surface area contributed by atoms with Crippen molar-refractivity contribution in [2.45, 2.75) is 39.2 Å². The van der Waals surface area contributed by atoms with Gasteiger partial charge in [-0.2, -0.15) is 0 Å². The van der Waals surface area contributed by atoms with Gasteiger partial charge in [0.05, 0.1) is 18.4 Å². The average molecular weight is 290 g/mol. The van der Waals surface area contributed by atoms with Gasteiger partial charge in [-0.05, 0) is 37.0 Å². The maximum atomic E-state index is 12.3. The van der Waals surface area contributed by atoms with Crippen molar-refractivity contribution >= 4 is 17.5 Å². The average Bonchev–Trinajstić information content (AvgIpc) is 3.22. The number of amides is 2. The largest absolute Gasteiger partial charge is 0.497 e. The normalized spacial score (nSPS) is 13.9. The maximum absolute atomic E-state index is 12.3. The second kappa shape index (κ2) is 6.61. The van der Waals surface area contributed by atoms with E-state index in [2.05, 4.69) is 10.6 Å². The lowest BCUT2D eigenvalue weighted by molar-refractivity contribution is -0.116. The van der Waals surface area contributed by atoms with E-state index in [0.717, 1.165) is 12.8 Å². The molecule has 1 aromatic carbocycles. The van der Waals surface area contributed by atoms with E-state index >= 15 is 0 Å². The molecule has 0 aromatic heterocycles. The molecule has 1 aliphatic carbocycles. The van der Waals surface area contributed by atoms with Crippen molar-refractivity contribution in [2.24, 2.45) is 5.92 Å². The van der Waals surface area contributed by atoms with Gasteiger partial charge in [0.1, 0.15) is 5.75 Å². The van der Waals surface area contributed by atoms with E-state index in [-0.39, 0.29) is 23.8 Å². The number of rotatable bonds is 6. The Balaban J connectivity index is 2.17. The zero-order valence-electron chi connectivity index (χ0n) is 12.7. The summed E-state index contributed by atoms with van der Waals surface area (Å²) in [7, 11) is 1.55. The molecule has 0 unspecified atom stereocenters. The van der Waals surface area contributed by atoms with Crippen LogP contribution in [-0.4, -0.2) is 25.0 Å². The van der Waals surface area contributed by atoms with Crippen LogP contribution in [0.15, 0.2) is 18.2 Å². The predicted molar refractivity (Wildman–Crippen MR) is 81.6 cm³/mol. The highest BCUT2D eigenvalue weighted by Crippen LogP contribution is 2.25. The summed E-state index contributed by atoms with van der Waals surface area (Å²) >= 11 is 0. The molecule has 21 heavy (non-hydrogen) atoms. The number of nitrogens with one attached hydrogen (secondary N) is 2. The van der Waals surface area contributed by atoms with Crippen LogP contribution in [0, 0.1) is 5.92 Å². The van der Waals surface area contributed by atoms with Crippen LogP contribution in [0.1, 0.15) is 43.5 Å². The Morgan fingerprint density at radius 3 is 2.62 bits per heavy atom. The third-order valence-corrected chi connectivity index (χ3v) is 3.25. The molecule has 114 valence electrons. The van der Waals surface area contributed by atoms with E-state index in [1.807, 2.05) is 13.8 Å². The fourth-order valence-corrected chi connectivity index (χ4v) is 2.01. The lowest BCUT2D eigenvalue weighted by Gasteiger charge is -2.13. The molecule has 2 amide bonds. The molecule has 0 heterocycles. The van der Waals surface area contributed by atoms with Gasteiger partial charge in [0.25, 0.3) is 5.91 Å². The maximum Gasteiger partial charge on any atom is 0.253 e. The Kier molecular flexibility index (Phi) is 4.83. The first kappa shape index (κ1) is 15.4. The molecule has 1 fully saturated rings. The Bertz CT molecular complexity index is 536. The topological polar surface area (TPSA) is 67.4 Å². The van der Waals surface area contributed by atoms with Crippen LogP contribution >= 0.6 is 0 Å². The van der Waals surface area contributed by atoms with Gasteiger partial charge < -0.3 is 15.4 Å². The van der Waals surface area contributed by atoms with Gasteiger partial charge in [0.2, 0.25) is 5.91 Å². The molecule has 2 N–H and O–H groups in total. The fourth-order valence-electron chi connectivity index (χ4n) is 2.01. The predicted octanol–water partition coefficient (Wildman–Crippen LogP) is 2.57. The Labute approximate surface area is 125 Å². The van der Waals surface area contributed by atoms with Crippen molar-refractivity contribution in [1.29, 1.82) is 0 Å². The fraction of sp³-hybridized carbons (Fsp3) is 0.500. The van der Waals surface area contributed by atoms with E-state index in [1.54, 1.807) is 25.3 Å². The lowest BCUT2D eigenvalue weighted by Crippen LogP contribution is -2.27. The molecule has 2 rings (SSSR count). The van der Waals surface area contributed by atoms with Gasteiger partial charge in [0, 0.05) is 12.5 Å². The number of ether oxygens (including phenoxy) is 1. The highest BCUT2D eigenvalue weighted by atomic mass is 16.5. The van der Waals surface area contributed by atoms with Crippen LogP contribution in [0.4, 0.5) is 5.69 Å². The molecule has 5 nitrogen and oxygen atoms in total. The van der Waals surface area contributed by atoms with Gasteiger partial charge in [-0.25, -0.2) is 0 Å². The zero-order chi connectivity index (χ0) is 15.4. The third kappa shape index (κ3) is 4.48. The molecule has 1 saturated carbocycles. The molecule has 5 heteroatoms. The highest BCUT2D eigenvalue weighted by molar-refractivity contribution is 6.04. The summed E-state index contributed by atoms with van der Waals surface area (Å²) < 4.78 is 5.16. The molecule has 1 aromatic rings. The Morgan fingerprint density at radius 2 is 2.05 bits per heavy atom.